The second kappa shape index (κ2) is 3.82. The molecular formula is C12H22O2. The molecule has 4 unspecified atom stereocenters. The van der Waals surface area contributed by atoms with Crippen LogP contribution in [0.3, 0.4) is 0 Å². The Morgan fingerprint density at radius 2 is 2.29 bits per heavy atom. The van der Waals surface area contributed by atoms with Crippen molar-refractivity contribution in [1.29, 1.82) is 0 Å². The predicted molar refractivity (Wildman–Crippen MR) is 55.8 cm³/mol. The average Bonchev–Trinajstić information content (AvgIpc) is 2.53. The maximum absolute atomic E-state index is 9.89. The summed E-state index contributed by atoms with van der Waals surface area (Å²) in [7, 11) is 0. The van der Waals surface area contributed by atoms with Gasteiger partial charge in [0.1, 0.15) is 0 Å². The lowest BCUT2D eigenvalue weighted by molar-refractivity contribution is -0.219. The second-order valence-electron chi connectivity index (χ2n) is 5.21. The van der Waals surface area contributed by atoms with Crippen LogP contribution in [0.4, 0.5) is 0 Å². The van der Waals surface area contributed by atoms with Crippen LogP contribution in [0.5, 0.6) is 0 Å². The van der Waals surface area contributed by atoms with Crippen molar-refractivity contribution in [3.8, 4) is 0 Å². The van der Waals surface area contributed by atoms with Gasteiger partial charge in [-0.1, -0.05) is 26.7 Å². The Hall–Kier alpha value is -0.0800. The van der Waals surface area contributed by atoms with E-state index in [4.69, 9.17) is 4.74 Å². The fraction of sp³-hybridized carbons (Fsp3) is 1.00. The van der Waals surface area contributed by atoms with Crippen molar-refractivity contribution in [3.05, 3.63) is 0 Å². The van der Waals surface area contributed by atoms with Gasteiger partial charge in [-0.3, -0.25) is 0 Å². The van der Waals surface area contributed by atoms with Crippen molar-refractivity contribution in [2.45, 2.75) is 52.2 Å². The minimum absolute atomic E-state index is 0.355. The summed E-state index contributed by atoms with van der Waals surface area (Å²) >= 11 is 0. The van der Waals surface area contributed by atoms with E-state index < -0.39 is 6.29 Å². The molecule has 0 aromatic rings. The quantitative estimate of drug-likeness (QED) is 0.739. The molecule has 1 N–H and O–H groups in total. The van der Waals surface area contributed by atoms with E-state index in [0.29, 0.717) is 17.3 Å². The topological polar surface area (TPSA) is 29.5 Å². The highest BCUT2D eigenvalue weighted by Gasteiger charge is 2.50. The van der Waals surface area contributed by atoms with E-state index in [1.807, 2.05) is 0 Å². The second-order valence-corrected chi connectivity index (χ2v) is 5.21. The van der Waals surface area contributed by atoms with E-state index >= 15 is 0 Å². The molecule has 1 saturated carbocycles. The monoisotopic (exact) mass is 198 g/mol. The first-order chi connectivity index (χ1) is 6.68. The molecule has 0 amide bonds. The maximum Gasteiger partial charge on any atom is 0.157 e. The highest BCUT2D eigenvalue weighted by Crippen LogP contribution is 2.53. The summed E-state index contributed by atoms with van der Waals surface area (Å²) < 4.78 is 5.48. The lowest BCUT2D eigenvalue weighted by Crippen LogP contribution is -2.47. The molecule has 0 bridgehead atoms. The Kier molecular flexibility index (Phi) is 2.85. The lowest BCUT2D eigenvalue weighted by Gasteiger charge is -2.46. The van der Waals surface area contributed by atoms with Gasteiger partial charge in [0, 0.05) is 5.92 Å². The molecule has 0 spiro atoms. The number of fused-ring (bicyclic) bond motifs is 1. The molecule has 82 valence electrons. The molecule has 0 aromatic carbocycles. The summed E-state index contributed by atoms with van der Waals surface area (Å²) in [6, 6.07) is 0. The minimum Gasteiger partial charge on any atom is -0.368 e. The summed E-state index contributed by atoms with van der Waals surface area (Å²) in [5.74, 6) is 1.07. The standard InChI is InChI=1S/C12H22O2/c1-3-5-10-11(13)14-8-9-6-4-7-12(9,10)2/h9-11,13H,3-8H2,1-2H3. The number of ether oxygens (including phenoxy) is 1. The number of hydrogen-bond donors (Lipinski definition) is 1. The van der Waals surface area contributed by atoms with Gasteiger partial charge in [0.2, 0.25) is 0 Å². The summed E-state index contributed by atoms with van der Waals surface area (Å²) in [4.78, 5) is 0. The van der Waals surface area contributed by atoms with Gasteiger partial charge in [0.15, 0.2) is 6.29 Å². The van der Waals surface area contributed by atoms with Crippen molar-refractivity contribution < 1.29 is 9.84 Å². The van der Waals surface area contributed by atoms with Crippen molar-refractivity contribution in [2.75, 3.05) is 6.61 Å². The minimum atomic E-state index is -0.505. The summed E-state index contributed by atoms with van der Waals surface area (Å²) in [6.45, 7) is 5.32. The molecule has 0 radical (unpaired) electrons. The van der Waals surface area contributed by atoms with Crippen molar-refractivity contribution in [1.82, 2.24) is 0 Å². The van der Waals surface area contributed by atoms with Crippen LogP contribution in [0.15, 0.2) is 0 Å². The van der Waals surface area contributed by atoms with E-state index in [9.17, 15) is 5.11 Å². The van der Waals surface area contributed by atoms with E-state index in [1.54, 1.807) is 0 Å². The molecule has 1 heterocycles. The molecule has 2 rings (SSSR count). The van der Waals surface area contributed by atoms with Crippen molar-refractivity contribution >= 4 is 0 Å². The van der Waals surface area contributed by atoms with Gasteiger partial charge in [0.25, 0.3) is 0 Å². The maximum atomic E-state index is 9.89. The average molecular weight is 198 g/mol. The molecule has 0 aromatic heterocycles. The summed E-state index contributed by atoms with van der Waals surface area (Å²) in [5.41, 5.74) is 0.355. The predicted octanol–water partition coefficient (Wildman–Crippen LogP) is 2.56. The van der Waals surface area contributed by atoms with Crippen LogP contribution in [0.25, 0.3) is 0 Å². The molecule has 14 heavy (non-hydrogen) atoms. The van der Waals surface area contributed by atoms with Gasteiger partial charge in [-0.15, -0.1) is 0 Å². The van der Waals surface area contributed by atoms with Gasteiger partial charge < -0.3 is 9.84 Å². The fourth-order valence-corrected chi connectivity index (χ4v) is 3.46. The van der Waals surface area contributed by atoms with E-state index in [1.165, 1.54) is 19.3 Å². The molecule has 1 aliphatic carbocycles. The van der Waals surface area contributed by atoms with E-state index in [-0.39, 0.29) is 0 Å². The Balaban J connectivity index is 2.15. The SMILES string of the molecule is CCCC1C(O)OCC2CCCC21C. The number of rotatable bonds is 2. The van der Waals surface area contributed by atoms with Crippen LogP contribution in [-0.2, 0) is 4.74 Å². The molecule has 2 aliphatic rings. The molecule has 1 saturated heterocycles. The smallest absolute Gasteiger partial charge is 0.157 e. The fourth-order valence-electron chi connectivity index (χ4n) is 3.46. The molecule has 2 nitrogen and oxygen atoms in total. The largest absolute Gasteiger partial charge is 0.368 e. The van der Waals surface area contributed by atoms with Crippen LogP contribution in [0.2, 0.25) is 0 Å². The molecule has 1 aliphatic heterocycles. The summed E-state index contributed by atoms with van der Waals surface area (Å²) in [6.07, 6.45) is 5.64. The molecule has 4 atom stereocenters. The number of hydrogen-bond acceptors (Lipinski definition) is 2. The van der Waals surface area contributed by atoms with Gasteiger partial charge in [-0.05, 0) is 30.6 Å². The lowest BCUT2D eigenvalue weighted by atomic mass is 9.66. The molecular weight excluding hydrogens is 176 g/mol. The van der Waals surface area contributed by atoms with Crippen LogP contribution in [-0.4, -0.2) is 18.0 Å². The van der Waals surface area contributed by atoms with Gasteiger partial charge >= 0.3 is 0 Å². The highest BCUT2D eigenvalue weighted by atomic mass is 16.6. The van der Waals surface area contributed by atoms with Crippen LogP contribution >= 0.6 is 0 Å². The first kappa shape index (κ1) is 10.4. The zero-order valence-electron chi connectivity index (χ0n) is 9.33. The molecule has 2 heteroatoms. The summed E-state index contributed by atoms with van der Waals surface area (Å²) in [5, 5.41) is 9.89. The van der Waals surface area contributed by atoms with E-state index in [0.717, 1.165) is 19.4 Å². The zero-order valence-corrected chi connectivity index (χ0v) is 9.33. The first-order valence-corrected chi connectivity index (χ1v) is 5.98. The Morgan fingerprint density at radius 3 is 3.00 bits per heavy atom. The van der Waals surface area contributed by atoms with Gasteiger partial charge in [-0.2, -0.15) is 0 Å². The third kappa shape index (κ3) is 1.49. The Labute approximate surface area is 86.6 Å². The van der Waals surface area contributed by atoms with Crippen LogP contribution in [0.1, 0.15) is 46.0 Å². The normalized spacial score (nSPS) is 47.8. The van der Waals surface area contributed by atoms with Crippen molar-refractivity contribution in [2.24, 2.45) is 17.3 Å². The van der Waals surface area contributed by atoms with Crippen molar-refractivity contribution in [3.63, 3.8) is 0 Å². The zero-order chi connectivity index (χ0) is 10.2. The molecule has 2 fully saturated rings. The van der Waals surface area contributed by atoms with E-state index in [2.05, 4.69) is 13.8 Å². The third-order valence-corrected chi connectivity index (χ3v) is 4.46. The number of aliphatic hydroxyl groups excluding tert-OH is 1. The third-order valence-electron chi connectivity index (χ3n) is 4.46. The van der Waals surface area contributed by atoms with Gasteiger partial charge in [-0.25, -0.2) is 0 Å². The Morgan fingerprint density at radius 1 is 1.50 bits per heavy atom. The first-order valence-electron chi connectivity index (χ1n) is 5.98. The Bertz CT molecular complexity index is 204. The van der Waals surface area contributed by atoms with Crippen LogP contribution < -0.4 is 0 Å². The van der Waals surface area contributed by atoms with Crippen LogP contribution in [0, 0.1) is 17.3 Å². The highest BCUT2D eigenvalue weighted by molar-refractivity contribution is 4.96. The number of aliphatic hydroxyl groups is 1. The van der Waals surface area contributed by atoms with Gasteiger partial charge in [0.05, 0.1) is 6.61 Å².